The second-order valence-electron chi connectivity index (χ2n) is 6.42. The van der Waals surface area contributed by atoms with Crippen molar-refractivity contribution in [3.63, 3.8) is 0 Å². The van der Waals surface area contributed by atoms with Crippen LogP contribution in [0.15, 0.2) is 53.0 Å². The molecule has 3 rings (SSSR count). The van der Waals surface area contributed by atoms with Crippen LogP contribution < -0.4 is 0 Å². The Hall–Kier alpha value is -1.98. The van der Waals surface area contributed by atoms with Crippen LogP contribution in [-0.2, 0) is 11.3 Å². The molecule has 0 N–H and O–H groups in total. The summed E-state index contributed by atoms with van der Waals surface area (Å²) >= 11 is 3.40. The van der Waals surface area contributed by atoms with Crippen molar-refractivity contribution in [3.8, 4) is 0 Å². The highest BCUT2D eigenvalue weighted by Gasteiger charge is 2.43. The van der Waals surface area contributed by atoms with Gasteiger partial charge in [-0.15, -0.1) is 0 Å². The number of imide groups is 1. The Morgan fingerprint density at radius 3 is 2.04 bits per heavy atom. The van der Waals surface area contributed by atoms with Crippen molar-refractivity contribution in [3.05, 3.63) is 69.7 Å². The van der Waals surface area contributed by atoms with Crippen molar-refractivity contribution in [2.75, 3.05) is 6.61 Å². The summed E-state index contributed by atoms with van der Waals surface area (Å²) in [5, 5.41) is 0. The molecule has 2 aromatic carbocycles. The van der Waals surface area contributed by atoms with Gasteiger partial charge in [-0.1, -0.05) is 40.2 Å². The van der Waals surface area contributed by atoms with Gasteiger partial charge in [0.05, 0.1) is 29.9 Å². The normalized spacial score (nSPS) is 14.2. The summed E-state index contributed by atoms with van der Waals surface area (Å²) in [4.78, 5) is 26.4. The maximum Gasteiger partial charge on any atom is 0.262 e. The van der Waals surface area contributed by atoms with Crippen LogP contribution in [0.4, 0.5) is 0 Å². The molecule has 0 saturated heterocycles. The molecule has 1 aliphatic rings. The quantitative estimate of drug-likeness (QED) is 0.727. The van der Waals surface area contributed by atoms with Crippen LogP contribution in [0.1, 0.15) is 40.1 Å². The number of carbonyl (C=O) groups is 2. The van der Waals surface area contributed by atoms with E-state index in [0.717, 1.165) is 10.0 Å². The van der Waals surface area contributed by atoms with E-state index in [1.54, 1.807) is 24.3 Å². The molecule has 24 heavy (non-hydrogen) atoms. The molecule has 0 atom stereocenters. The second kappa shape index (κ2) is 6.49. The van der Waals surface area contributed by atoms with Gasteiger partial charge in [0.15, 0.2) is 0 Å². The molecular weight excluding hydrogens is 370 g/mol. The summed E-state index contributed by atoms with van der Waals surface area (Å²) in [6.07, 6.45) is 0. The van der Waals surface area contributed by atoms with Gasteiger partial charge in [0, 0.05) is 4.47 Å². The minimum Gasteiger partial charge on any atom is -0.374 e. The smallest absolute Gasteiger partial charge is 0.262 e. The lowest BCUT2D eigenvalue weighted by atomic mass is 10.0. The number of nitrogens with zero attached hydrogens (tertiary/aromatic N) is 1. The fourth-order valence-corrected chi connectivity index (χ4v) is 3.07. The fourth-order valence-electron chi connectivity index (χ4n) is 2.80. The molecule has 1 heterocycles. The third-order valence-corrected chi connectivity index (χ3v) is 4.57. The predicted molar refractivity (Wildman–Crippen MR) is 94.8 cm³/mol. The molecule has 0 fully saturated rings. The van der Waals surface area contributed by atoms with Crippen molar-refractivity contribution in [1.29, 1.82) is 0 Å². The van der Waals surface area contributed by atoms with Crippen LogP contribution in [0.2, 0.25) is 0 Å². The molecule has 0 aliphatic carbocycles. The first-order valence-corrected chi connectivity index (χ1v) is 8.49. The average Bonchev–Trinajstić information content (AvgIpc) is 2.82. The number of amides is 2. The van der Waals surface area contributed by atoms with E-state index >= 15 is 0 Å². The third kappa shape index (κ3) is 3.14. The molecule has 5 heteroatoms. The largest absolute Gasteiger partial charge is 0.374 e. The average molecular weight is 388 g/mol. The molecule has 4 nitrogen and oxygen atoms in total. The van der Waals surface area contributed by atoms with Gasteiger partial charge in [-0.05, 0) is 43.7 Å². The zero-order valence-corrected chi connectivity index (χ0v) is 15.2. The summed E-state index contributed by atoms with van der Waals surface area (Å²) in [5.41, 5.74) is 1.24. The molecule has 0 radical (unpaired) electrons. The van der Waals surface area contributed by atoms with E-state index in [2.05, 4.69) is 15.9 Å². The van der Waals surface area contributed by atoms with Crippen LogP contribution in [0.3, 0.4) is 0 Å². The number of benzene rings is 2. The Kier molecular flexibility index (Phi) is 4.56. The Balaban J connectivity index is 1.68. The van der Waals surface area contributed by atoms with Gasteiger partial charge >= 0.3 is 0 Å². The second-order valence-corrected chi connectivity index (χ2v) is 7.34. The van der Waals surface area contributed by atoms with Crippen molar-refractivity contribution < 1.29 is 14.3 Å². The Labute approximate surface area is 149 Å². The molecule has 0 aromatic heterocycles. The number of ether oxygens (including phenoxy) is 1. The van der Waals surface area contributed by atoms with Gasteiger partial charge in [-0.25, -0.2) is 0 Å². The van der Waals surface area contributed by atoms with Gasteiger partial charge < -0.3 is 4.74 Å². The van der Waals surface area contributed by atoms with E-state index < -0.39 is 5.54 Å². The van der Waals surface area contributed by atoms with Crippen LogP contribution in [0.5, 0.6) is 0 Å². The molecule has 0 saturated carbocycles. The number of rotatable bonds is 5. The molecule has 2 aromatic rings. The van der Waals surface area contributed by atoms with Gasteiger partial charge in [-0.3, -0.25) is 14.5 Å². The lowest BCUT2D eigenvalue weighted by Crippen LogP contribution is -2.50. The van der Waals surface area contributed by atoms with Crippen LogP contribution >= 0.6 is 15.9 Å². The fraction of sp³-hybridized carbons (Fsp3) is 0.263. The van der Waals surface area contributed by atoms with Gasteiger partial charge in [0.2, 0.25) is 0 Å². The van der Waals surface area contributed by atoms with Crippen LogP contribution in [-0.4, -0.2) is 28.9 Å². The highest BCUT2D eigenvalue weighted by molar-refractivity contribution is 9.10. The van der Waals surface area contributed by atoms with Crippen molar-refractivity contribution in [2.45, 2.75) is 26.0 Å². The summed E-state index contributed by atoms with van der Waals surface area (Å²) in [6, 6.07) is 14.8. The topological polar surface area (TPSA) is 46.6 Å². The lowest BCUT2D eigenvalue weighted by Gasteiger charge is -2.33. The maximum atomic E-state index is 12.6. The molecule has 0 spiro atoms. The van der Waals surface area contributed by atoms with Gasteiger partial charge in [0.1, 0.15) is 0 Å². The summed E-state index contributed by atoms with van der Waals surface area (Å²) < 4.78 is 6.78. The zero-order chi connectivity index (χ0) is 17.3. The number of fused-ring (bicyclic) bond motifs is 1. The standard InChI is InChI=1S/C19H18BrNO3/c1-19(2,12-24-11-13-7-9-14(20)10-8-13)21-17(22)15-5-3-4-6-16(15)18(21)23/h3-10H,11-12H2,1-2H3. The number of hydrogen-bond acceptors (Lipinski definition) is 3. The summed E-state index contributed by atoms with van der Waals surface area (Å²) in [7, 11) is 0. The number of carbonyl (C=O) groups excluding carboxylic acids is 2. The first-order chi connectivity index (χ1) is 11.4. The SMILES string of the molecule is CC(C)(COCc1ccc(Br)cc1)N1C(=O)c2ccccc2C1=O. The van der Waals surface area contributed by atoms with Gasteiger partial charge in [0.25, 0.3) is 11.8 Å². The zero-order valence-electron chi connectivity index (χ0n) is 13.6. The lowest BCUT2D eigenvalue weighted by molar-refractivity contribution is 0.0118. The van der Waals surface area contributed by atoms with Gasteiger partial charge in [-0.2, -0.15) is 0 Å². The number of hydrogen-bond donors (Lipinski definition) is 0. The van der Waals surface area contributed by atoms with Crippen molar-refractivity contribution in [2.24, 2.45) is 0 Å². The van der Waals surface area contributed by atoms with Crippen LogP contribution in [0.25, 0.3) is 0 Å². The molecule has 1 aliphatic heterocycles. The van der Waals surface area contributed by atoms with E-state index in [4.69, 9.17) is 4.74 Å². The van der Waals surface area contributed by atoms with E-state index in [1.165, 1.54) is 4.90 Å². The highest BCUT2D eigenvalue weighted by atomic mass is 79.9. The highest BCUT2D eigenvalue weighted by Crippen LogP contribution is 2.29. The summed E-state index contributed by atoms with van der Waals surface area (Å²) in [5.74, 6) is -0.513. The molecule has 0 bridgehead atoms. The maximum absolute atomic E-state index is 12.6. The van der Waals surface area contributed by atoms with E-state index in [9.17, 15) is 9.59 Å². The monoisotopic (exact) mass is 387 g/mol. The van der Waals surface area contributed by atoms with Crippen molar-refractivity contribution >= 4 is 27.7 Å². The first kappa shape index (κ1) is 16.9. The number of halogens is 1. The van der Waals surface area contributed by atoms with E-state index in [-0.39, 0.29) is 18.4 Å². The first-order valence-electron chi connectivity index (χ1n) is 7.70. The Bertz CT molecular complexity index is 748. The minimum absolute atomic E-state index is 0.257. The summed E-state index contributed by atoms with van der Waals surface area (Å²) in [6.45, 7) is 4.39. The molecular formula is C19H18BrNO3. The molecule has 124 valence electrons. The van der Waals surface area contributed by atoms with E-state index in [0.29, 0.717) is 17.7 Å². The molecule has 0 unspecified atom stereocenters. The minimum atomic E-state index is -0.720. The third-order valence-electron chi connectivity index (χ3n) is 4.04. The Morgan fingerprint density at radius 2 is 1.50 bits per heavy atom. The molecule has 2 amide bonds. The predicted octanol–water partition coefficient (Wildman–Crippen LogP) is 4.04. The van der Waals surface area contributed by atoms with Crippen molar-refractivity contribution in [1.82, 2.24) is 4.90 Å². The van der Waals surface area contributed by atoms with E-state index in [1.807, 2.05) is 38.1 Å². The Morgan fingerprint density at radius 1 is 0.958 bits per heavy atom. The van der Waals surface area contributed by atoms with Crippen LogP contribution in [0, 0.1) is 0 Å².